The lowest BCUT2D eigenvalue weighted by atomic mass is 9.47. The molecule has 2 amide bonds. The molecule has 4 fully saturated rings. The van der Waals surface area contributed by atoms with Gasteiger partial charge in [0.2, 0.25) is 0 Å². The quantitative estimate of drug-likeness (QED) is 0.717. The van der Waals surface area contributed by atoms with Crippen molar-refractivity contribution in [1.29, 1.82) is 0 Å². The minimum absolute atomic E-state index is 0.163. The summed E-state index contributed by atoms with van der Waals surface area (Å²) in [5, 5.41) is 6.14. The summed E-state index contributed by atoms with van der Waals surface area (Å²) >= 11 is 5.77. The molecule has 4 saturated carbocycles. The van der Waals surface area contributed by atoms with Crippen molar-refractivity contribution >= 4 is 23.3 Å². The molecule has 0 unspecified atom stereocenters. The van der Waals surface area contributed by atoms with Gasteiger partial charge in [0.05, 0.1) is 5.69 Å². The molecule has 5 heteroatoms. The second-order valence-electron chi connectivity index (χ2n) is 8.46. The number of anilines is 1. The van der Waals surface area contributed by atoms with Gasteiger partial charge in [-0.05, 0) is 86.3 Å². The van der Waals surface area contributed by atoms with Crippen molar-refractivity contribution in [1.82, 2.24) is 5.32 Å². The monoisotopic (exact) mass is 364 g/mol. The standard InChI is InChI=1S/C20H26ClFN2O/c1-2-18(20-9-12-5-13(10-20)7-14(6-12)11-20)24-19(25)23-17-4-3-15(21)8-16(17)22/h3-4,8,12-14,18H,2,5-7,9-11H2,1H3,(H2,23,24,25)/t12?,13?,14?,18-,20?/m0/s1. The van der Waals surface area contributed by atoms with Gasteiger partial charge in [0, 0.05) is 11.1 Å². The van der Waals surface area contributed by atoms with Crippen LogP contribution in [0.4, 0.5) is 14.9 Å². The van der Waals surface area contributed by atoms with Gasteiger partial charge in [-0.25, -0.2) is 9.18 Å². The lowest BCUT2D eigenvalue weighted by Crippen LogP contribution is -2.57. The third-order valence-electron chi connectivity index (χ3n) is 6.72. The fraction of sp³-hybridized carbons (Fsp3) is 0.650. The molecule has 0 spiro atoms. The van der Waals surface area contributed by atoms with E-state index >= 15 is 0 Å². The summed E-state index contributed by atoms with van der Waals surface area (Å²) in [6.07, 6.45) is 8.81. The Balaban J connectivity index is 1.46. The van der Waals surface area contributed by atoms with Crippen LogP contribution in [0, 0.1) is 29.0 Å². The molecule has 0 radical (unpaired) electrons. The van der Waals surface area contributed by atoms with Crippen LogP contribution in [0.3, 0.4) is 0 Å². The molecule has 4 aliphatic carbocycles. The number of rotatable bonds is 4. The van der Waals surface area contributed by atoms with Gasteiger partial charge in [-0.1, -0.05) is 18.5 Å². The Morgan fingerprint density at radius 1 is 1.24 bits per heavy atom. The Kier molecular flexibility index (Phi) is 4.43. The normalized spacial score (nSPS) is 34.0. The Morgan fingerprint density at radius 3 is 2.36 bits per heavy atom. The number of hydrogen-bond donors (Lipinski definition) is 2. The minimum Gasteiger partial charge on any atom is -0.335 e. The molecule has 2 N–H and O–H groups in total. The van der Waals surface area contributed by atoms with Gasteiger partial charge in [0.15, 0.2) is 0 Å². The highest BCUT2D eigenvalue weighted by atomic mass is 35.5. The fourth-order valence-corrected chi connectivity index (χ4v) is 6.36. The van der Waals surface area contributed by atoms with Crippen molar-refractivity contribution in [3.63, 3.8) is 0 Å². The van der Waals surface area contributed by atoms with E-state index in [9.17, 15) is 9.18 Å². The number of carbonyl (C=O) groups is 1. The summed E-state index contributed by atoms with van der Waals surface area (Å²) in [6.45, 7) is 2.15. The fourth-order valence-electron chi connectivity index (χ4n) is 6.20. The molecule has 0 aliphatic heterocycles. The molecule has 25 heavy (non-hydrogen) atoms. The van der Waals surface area contributed by atoms with E-state index in [1.807, 2.05) is 0 Å². The number of benzene rings is 1. The van der Waals surface area contributed by atoms with Crippen molar-refractivity contribution in [2.75, 3.05) is 5.32 Å². The SMILES string of the molecule is CC[C@H](NC(=O)Nc1ccc(Cl)cc1F)C12CC3CC(CC(C3)C1)C2. The van der Waals surface area contributed by atoms with Gasteiger partial charge in [0.25, 0.3) is 0 Å². The van der Waals surface area contributed by atoms with Crippen LogP contribution >= 0.6 is 11.6 Å². The van der Waals surface area contributed by atoms with E-state index in [1.165, 1.54) is 50.7 Å². The van der Waals surface area contributed by atoms with Crippen molar-refractivity contribution in [3.8, 4) is 0 Å². The Labute approximate surface area is 153 Å². The molecule has 136 valence electrons. The van der Waals surface area contributed by atoms with E-state index in [0.29, 0.717) is 5.02 Å². The lowest BCUT2D eigenvalue weighted by molar-refractivity contribution is -0.0719. The summed E-state index contributed by atoms with van der Waals surface area (Å²) in [6, 6.07) is 4.15. The minimum atomic E-state index is -0.509. The van der Waals surface area contributed by atoms with Gasteiger partial charge in [-0.3, -0.25) is 0 Å². The van der Waals surface area contributed by atoms with E-state index in [-0.39, 0.29) is 23.2 Å². The first-order chi connectivity index (χ1) is 12.0. The molecular weight excluding hydrogens is 339 g/mol. The van der Waals surface area contributed by atoms with E-state index < -0.39 is 5.82 Å². The molecule has 5 rings (SSSR count). The lowest BCUT2D eigenvalue weighted by Gasteiger charge is -2.59. The smallest absolute Gasteiger partial charge is 0.319 e. The number of nitrogens with one attached hydrogen (secondary N) is 2. The van der Waals surface area contributed by atoms with Crippen molar-refractivity contribution in [2.45, 2.75) is 57.9 Å². The molecule has 0 saturated heterocycles. The van der Waals surface area contributed by atoms with Crippen molar-refractivity contribution < 1.29 is 9.18 Å². The summed E-state index contributed by atoms with van der Waals surface area (Å²) < 4.78 is 13.9. The van der Waals surface area contributed by atoms with Crippen LogP contribution in [0.5, 0.6) is 0 Å². The molecule has 1 aromatic rings. The van der Waals surface area contributed by atoms with Crippen molar-refractivity contribution in [3.05, 3.63) is 29.0 Å². The first-order valence-electron chi connectivity index (χ1n) is 9.50. The second kappa shape index (κ2) is 6.46. The van der Waals surface area contributed by atoms with Crippen LogP contribution < -0.4 is 10.6 Å². The molecular formula is C20H26ClFN2O. The van der Waals surface area contributed by atoms with E-state index in [2.05, 4.69) is 17.6 Å². The number of halogens is 2. The molecule has 3 nitrogen and oxygen atoms in total. The molecule has 1 aromatic carbocycles. The summed E-state index contributed by atoms with van der Waals surface area (Å²) in [7, 11) is 0. The van der Waals surface area contributed by atoms with Crippen molar-refractivity contribution in [2.24, 2.45) is 23.2 Å². The van der Waals surface area contributed by atoms with Crippen LogP contribution in [-0.4, -0.2) is 12.1 Å². The third kappa shape index (κ3) is 3.25. The van der Waals surface area contributed by atoms with Crippen LogP contribution in [0.25, 0.3) is 0 Å². The largest absolute Gasteiger partial charge is 0.335 e. The zero-order valence-corrected chi connectivity index (χ0v) is 15.4. The molecule has 1 atom stereocenters. The third-order valence-corrected chi connectivity index (χ3v) is 6.95. The highest BCUT2D eigenvalue weighted by molar-refractivity contribution is 6.30. The molecule has 4 aliphatic rings. The predicted octanol–water partition coefficient (Wildman–Crippen LogP) is 5.60. The average Bonchev–Trinajstić information content (AvgIpc) is 2.54. The van der Waals surface area contributed by atoms with Crippen LogP contribution in [0.15, 0.2) is 18.2 Å². The summed E-state index contributed by atoms with van der Waals surface area (Å²) in [5.41, 5.74) is 0.418. The molecule has 0 aromatic heterocycles. The number of amides is 2. The van der Waals surface area contributed by atoms with Gasteiger partial charge < -0.3 is 10.6 Å². The Morgan fingerprint density at radius 2 is 1.84 bits per heavy atom. The van der Waals surface area contributed by atoms with Gasteiger partial charge in [0.1, 0.15) is 5.82 Å². The number of hydrogen-bond acceptors (Lipinski definition) is 1. The summed E-state index contributed by atoms with van der Waals surface area (Å²) in [4.78, 5) is 12.5. The summed E-state index contributed by atoms with van der Waals surface area (Å²) in [5.74, 6) is 2.03. The van der Waals surface area contributed by atoms with Crippen LogP contribution in [0.2, 0.25) is 5.02 Å². The number of urea groups is 1. The van der Waals surface area contributed by atoms with E-state index in [4.69, 9.17) is 11.6 Å². The van der Waals surface area contributed by atoms with Crippen LogP contribution in [-0.2, 0) is 0 Å². The van der Waals surface area contributed by atoms with E-state index in [1.54, 1.807) is 6.07 Å². The van der Waals surface area contributed by atoms with Gasteiger partial charge >= 0.3 is 6.03 Å². The topological polar surface area (TPSA) is 41.1 Å². The first-order valence-corrected chi connectivity index (χ1v) is 9.88. The van der Waals surface area contributed by atoms with Crippen LogP contribution in [0.1, 0.15) is 51.9 Å². The van der Waals surface area contributed by atoms with Gasteiger partial charge in [-0.2, -0.15) is 0 Å². The Bertz CT molecular complexity index is 642. The molecule has 0 heterocycles. The average molecular weight is 365 g/mol. The second-order valence-corrected chi connectivity index (χ2v) is 8.90. The zero-order chi connectivity index (χ0) is 17.6. The highest BCUT2D eigenvalue weighted by Gasteiger charge is 2.54. The van der Waals surface area contributed by atoms with Gasteiger partial charge in [-0.15, -0.1) is 0 Å². The maximum Gasteiger partial charge on any atom is 0.319 e. The maximum atomic E-state index is 13.9. The first kappa shape index (κ1) is 17.1. The maximum absolute atomic E-state index is 13.9. The number of carbonyl (C=O) groups excluding carboxylic acids is 1. The van der Waals surface area contributed by atoms with E-state index in [0.717, 1.165) is 24.2 Å². The molecule has 4 bridgehead atoms. The highest BCUT2D eigenvalue weighted by Crippen LogP contribution is 2.61. The predicted molar refractivity (Wildman–Crippen MR) is 98.2 cm³/mol. The zero-order valence-electron chi connectivity index (χ0n) is 14.7. The Hall–Kier alpha value is -1.29.